The summed E-state index contributed by atoms with van der Waals surface area (Å²) in [6, 6.07) is 17.6. The summed E-state index contributed by atoms with van der Waals surface area (Å²) in [5.41, 5.74) is 2.76. The Morgan fingerprint density at radius 1 is 1.00 bits per heavy atom. The van der Waals surface area contributed by atoms with Gasteiger partial charge in [0.25, 0.3) is 21.6 Å². The number of anilines is 2. The van der Waals surface area contributed by atoms with Gasteiger partial charge in [-0.25, -0.2) is 22.5 Å². The summed E-state index contributed by atoms with van der Waals surface area (Å²) in [6.45, 7) is 7.28. The molecule has 1 spiro atoms. The van der Waals surface area contributed by atoms with Crippen molar-refractivity contribution in [3.05, 3.63) is 106 Å². The molecule has 68 heavy (non-hydrogen) atoms. The third-order valence-electron chi connectivity index (χ3n) is 16.2. The van der Waals surface area contributed by atoms with E-state index in [1.807, 2.05) is 6.07 Å². The highest BCUT2D eigenvalue weighted by atomic mass is 32.2. The summed E-state index contributed by atoms with van der Waals surface area (Å²) in [6.07, 6.45) is 14.6. The smallest absolute Gasteiger partial charge is 0.297 e. The minimum Gasteiger partial charge on any atom is -0.489 e. The SMILES string of the molecule is CC1(C)CCC([C@H]2COc3cc(S(=O)(=O)NC(=O)c4ccc(N5CCC6(CC5)CC(N5CCC[C@@H]5c5ccccc5C5(O)CC5)C6)cc4Oc4cnc5[nH]cc(F)c5c4)cc([N+](=O)[O-])c3N2)CC1. The van der Waals surface area contributed by atoms with Crippen LogP contribution < -0.4 is 24.4 Å². The minimum atomic E-state index is -4.70. The molecule has 1 amide bonds. The number of fused-ring (bicyclic) bond motifs is 2. The molecule has 15 nitrogen and oxygen atoms in total. The van der Waals surface area contributed by atoms with Crippen LogP contribution in [0.3, 0.4) is 0 Å². The Balaban J connectivity index is 0.807. The van der Waals surface area contributed by atoms with Gasteiger partial charge in [-0.1, -0.05) is 38.1 Å². The zero-order valence-electron chi connectivity index (χ0n) is 38.4. The number of nitrogens with one attached hydrogen (secondary N) is 3. The molecule has 3 saturated carbocycles. The predicted octanol–water partition coefficient (Wildman–Crippen LogP) is 9.48. The van der Waals surface area contributed by atoms with Gasteiger partial charge in [0, 0.05) is 55.3 Å². The van der Waals surface area contributed by atoms with E-state index in [0.717, 1.165) is 114 Å². The lowest BCUT2D eigenvalue weighted by atomic mass is 9.59. The number of halogens is 1. The van der Waals surface area contributed by atoms with E-state index >= 15 is 0 Å². The van der Waals surface area contributed by atoms with Crippen LogP contribution in [0.2, 0.25) is 0 Å². The maximum atomic E-state index is 14.7. The number of hydrogen-bond acceptors (Lipinski definition) is 12. The number of aliphatic hydroxyl groups is 1. The topological polar surface area (TPSA) is 192 Å². The number of nitro benzene ring substituents is 1. The highest BCUT2D eigenvalue weighted by molar-refractivity contribution is 7.90. The van der Waals surface area contributed by atoms with Crippen LogP contribution in [0.25, 0.3) is 11.0 Å². The van der Waals surface area contributed by atoms with Crippen molar-refractivity contribution >= 4 is 44.0 Å². The minimum absolute atomic E-state index is 0.0174. The van der Waals surface area contributed by atoms with Crippen LogP contribution in [-0.2, 0) is 15.6 Å². The molecular weight excluding hydrogens is 890 g/mol. The first-order chi connectivity index (χ1) is 32.6. The van der Waals surface area contributed by atoms with Gasteiger partial charge in [0.15, 0.2) is 11.4 Å². The van der Waals surface area contributed by atoms with Gasteiger partial charge in [-0.05, 0) is 130 Å². The van der Waals surface area contributed by atoms with Gasteiger partial charge >= 0.3 is 0 Å². The number of nitrogens with zero attached hydrogens (tertiary/aromatic N) is 4. The molecule has 3 aromatic carbocycles. The average molecular weight is 948 g/mol. The number of rotatable bonds is 11. The van der Waals surface area contributed by atoms with Crippen LogP contribution >= 0.6 is 0 Å². The number of benzene rings is 3. The van der Waals surface area contributed by atoms with Crippen LogP contribution in [-0.4, -0.2) is 77.5 Å². The van der Waals surface area contributed by atoms with Crippen LogP contribution in [0.15, 0.2) is 78.0 Å². The Bertz CT molecular complexity index is 2910. The second-order valence-corrected chi connectivity index (χ2v) is 22.8. The first-order valence-corrected chi connectivity index (χ1v) is 25.6. The molecule has 358 valence electrons. The fraction of sp³-hybridized carbons (Fsp3) is 0.490. The number of ether oxygens (including phenoxy) is 2. The third kappa shape index (κ3) is 8.33. The number of sulfonamides is 1. The van der Waals surface area contributed by atoms with E-state index < -0.39 is 42.9 Å². The number of pyridine rings is 1. The lowest BCUT2D eigenvalue weighted by Crippen LogP contribution is -2.55. The summed E-state index contributed by atoms with van der Waals surface area (Å²) in [7, 11) is -4.70. The normalized spacial score (nSPS) is 23.3. The number of piperidine rings is 1. The van der Waals surface area contributed by atoms with Crippen LogP contribution in [0.5, 0.6) is 17.2 Å². The van der Waals surface area contributed by atoms with Crippen molar-refractivity contribution in [1.82, 2.24) is 19.6 Å². The third-order valence-corrected chi connectivity index (χ3v) is 17.5. The monoisotopic (exact) mass is 947 g/mol. The molecule has 3 aliphatic heterocycles. The molecule has 3 aliphatic carbocycles. The first-order valence-electron chi connectivity index (χ1n) is 24.1. The highest BCUT2D eigenvalue weighted by Crippen LogP contribution is 2.56. The van der Waals surface area contributed by atoms with Gasteiger partial charge in [-0.3, -0.25) is 19.8 Å². The number of nitro groups is 1. The fourth-order valence-electron chi connectivity index (χ4n) is 12.0. The van der Waals surface area contributed by atoms with Gasteiger partial charge in [0.1, 0.15) is 29.6 Å². The standard InChI is InChI=1S/C51H58FN7O8S/c1-49(2)13-11-31(12-14-49)41-30-66-45-25-35(24-43(59(62)63)46(45)55-41)68(64,65)56-48(60)37-10-9-32(22-44(37)67-34-23-38-40(52)29-54-47(38)53-28-34)57-20-17-50(18-21-57)26-33(27-50)58-19-5-8-42(58)36-6-3-4-7-39(36)51(61)15-16-51/h3-4,6-7,9-10,22-25,28-29,31,33,41-42,55,61H,5,8,11-21,26-27,30H2,1-2H3,(H,53,54)(H,56,60)/t41-,42-/m1/s1. The van der Waals surface area contributed by atoms with E-state index in [9.17, 15) is 32.8 Å². The zero-order chi connectivity index (χ0) is 47.2. The van der Waals surface area contributed by atoms with Crippen LogP contribution in [0, 0.1) is 32.7 Å². The number of aromatic nitrogens is 2. The Morgan fingerprint density at radius 3 is 2.51 bits per heavy atom. The molecular formula is C51H58FN7O8S. The van der Waals surface area contributed by atoms with Gasteiger partial charge < -0.3 is 29.8 Å². The Hall–Kier alpha value is -5.78. The number of likely N-dealkylation sites (tertiary alicyclic amines) is 1. The summed E-state index contributed by atoms with van der Waals surface area (Å²) < 4.78 is 57.1. The van der Waals surface area contributed by atoms with E-state index in [-0.39, 0.29) is 63.3 Å². The number of carbonyl (C=O) groups excluding carboxylic acids is 1. The van der Waals surface area contributed by atoms with Crippen LogP contribution in [0.4, 0.5) is 21.5 Å². The molecule has 0 unspecified atom stereocenters. The summed E-state index contributed by atoms with van der Waals surface area (Å²) in [4.78, 5) is 37.3. The molecule has 4 N–H and O–H groups in total. The van der Waals surface area contributed by atoms with Crippen molar-refractivity contribution in [3.63, 3.8) is 0 Å². The number of hydrogen-bond donors (Lipinski definition) is 4. The second-order valence-electron chi connectivity index (χ2n) is 21.1. The molecule has 5 heterocycles. The van der Waals surface area contributed by atoms with E-state index in [2.05, 4.69) is 61.9 Å². The first kappa shape index (κ1) is 44.7. The number of carbonyl (C=O) groups is 1. The van der Waals surface area contributed by atoms with E-state index in [1.165, 1.54) is 36.2 Å². The lowest BCUT2D eigenvalue weighted by Gasteiger charge is -2.56. The average Bonchev–Trinajstić information content (AvgIpc) is 3.69. The molecule has 2 aromatic heterocycles. The molecule has 2 saturated heterocycles. The number of aromatic amines is 1. The summed E-state index contributed by atoms with van der Waals surface area (Å²) >= 11 is 0. The Kier molecular flexibility index (Phi) is 11.0. The molecule has 0 radical (unpaired) electrons. The summed E-state index contributed by atoms with van der Waals surface area (Å²) in [5, 5.41) is 27.0. The molecule has 2 atom stereocenters. The molecule has 0 bridgehead atoms. The van der Waals surface area contributed by atoms with Gasteiger partial charge in [0.05, 0.1) is 38.6 Å². The van der Waals surface area contributed by atoms with Gasteiger partial charge in [0.2, 0.25) is 0 Å². The van der Waals surface area contributed by atoms with Gasteiger partial charge in [-0.15, -0.1) is 0 Å². The van der Waals surface area contributed by atoms with Crippen molar-refractivity contribution in [2.45, 2.75) is 120 Å². The lowest BCUT2D eigenvalue weighted by molar-refractivity contribution is -0.384. The molecule has 6 aliphatic rings. The predicted molar refractivity (Wildman–Crippen MR) is 254 cm³/mol. The van der Waals surface area contributed by atoms with Crippen molar-refractivity contribution in [1.29, 1.82) is 0 Å². The quantitative estimate of drug-likeness (QED) is 0.0726. The zero-order valence-corrected chi connectivity index (χ0v) is 39.2. The molecule has 17 heteroatoms. The molecule has 5 fully saturated rings. The second kappa shape index (κ2) is 16.7. The largest absolute Gasteiger partial charge is 0.489 e. The van der Waals surface area contributed by atoms with Crippen LogP contribution in [0.1, 0.15) is 118 Å². The number of amides is 1. The molecule has 5 aromatic rings. The van der Waals surface area contributed by atoms with Gasteiger partial charge in [-0.2, -0.15) is 0 Å². The highest BCUT2D eigenvalue weighted by Gasteiger charge is 2.51. The van der Waals surface area contributed by atoms with Crippen molar-refractivity contribution in [2.24, 2.45) is 16.7 Å². The van der Waals surface area contributed by atoms with Crippen molar-refractivity contribution in [2.75, 3.05) is 36.5 Å². The van der Waals surface area contributed by atoms with E-state index in [4.69, 9.17) is 9.47 Å². The van der Waals surface area contributed by atoms with E-state index in [0.29, 0.717) is 17.7 Å². The molecule has 11 rings (SSSR count). The number of H-pyrrole nitrogens is 1. The maximum Gasteiger partial charge on any atom is 0.297 e. The van der Waals surface area contributed by atoms with Crippen molar-refractivity contribution < 1.29 is 37.1 Å². The Labute approximate surface area is 395 Å². The fourth-order valence-corrected chi connectivity index (χ4v) is 13.0. The van der Waals surface area contributed by atoms with Crippen molar-refractivity contribution in [3.8, 4) is 17.2 Å². The van der Waals surface area contributed by atoms with E-state index in [1.54, 1.807) is 12.1 Å². The maximum absolute atomic E-state index is 14.7. The Morgan fingerprint density at radius 2 is 1.76 bits per heavy atom. The summed E-state index contributed by atoms with van der Waals surface area (Å²) in [5.74, 6) is -1.15.